The van der Waals surface area contributed by atoms with E-state index in [9.17, 15) is 18.0 Å². The zero-order chi connectivity index (χ0) is 18.6. The molecule has 2 rings (SSSR count). The van der Waals surface area contributed by atoms with Crippen LogP contribution in [0.15, 0.2) is 42.5 Å². The molecule has 3 nitrogen and oxygen atoms in total. The fourth-order valence-electron chi connectivity index (χ4n) is 2.10. The van der Waals surface area contributed by atoms with E-state index in [1.54, 1.807) is 25.1 Å². The van der Waals surface area contributed by atoms with Crippen LogP contribution >= 0.6 is 23.2 Å². The second-order valence-corrected chi connectivity index (χ2v) is 6.02. The predicted molar refractivity (Wildman–Crippen MR) is 91.2 cm³/mol. The summed E-state index contributed by atoms with van der Waals surface area (Å²) in [5, 5.41) is 2.60. The number of carbonyl (C=O) groups is 1. The molecule has 0 heterocycles. The molecule has 0 saturated carbocycles. The molecule has 1 unspecified atom stereocenters. The highest BCUT2D eigenvalue weighted by atomic mass is 35.5. The van der Waals surface area contributed by atoms with Gasteiger partial charge in [0.05, 0.1) is 11.3 Å². The summed E-state index contributed by atoms with van der Waals surface area (Å²) in [6.45, 7) is 1.68. The average molecular weight is 392 g/mol. The SMILES string of the molecule is CCC(Oc1cccc(Cl)c1)C(=O)Nc1ccc(Cl)cc1C(F)(F)F. The first-order chi connectivity index (χ1) is 11.7. The Bertz CT molecular complexity index is 766. The van der Waals surface area contributed by atoms with E-state index in [1.165, 1.54) is 12.1 Å². The minimum absolute atomic E-state index is 0.0763. The third-order valence-corrected chi connectivity index (χ3v) is 3.75. The van der Waals surface area contributed by atoms with Crippen LogP contribution < -0.4 is 10.1 Å². The maximum absolute atomic E-state index is 13.1. The quantitative estimate of drug-likeness (QED) is 0.698. The fraction of sp³-hybridized carbons (Fsp3) is 0.235. The van der Waals surface area contributed by atoms with Crippen LogP contribution in [0, 0.1) is 0 Å². The molecule has 0 radical (unpaired) electrons. The largest absolute Gasteiger partial charge is 0.481 e. The van der Waals surface area contributed by atoms with E-state index in [0.717, 1.165) is 12.1 Å². The number of amides is 1. The number of nitrogens with one attached hydrogen (secondary N) is 1. The van der Waals surface area contributed by atoms with Gasteiger partial charge >= 0.3 is 6.18 Å². The van der Waals surface area contributed by atoms with Crippen LogP contribution in [-0.4, -0.2) is 12.0 Å². The molecule has 1 amide bonds. The highest BCUT2D eigenvalue weighted by Crippen LogP contribution is 2.36. The summed E-state index contributed by atoms with van der Waals surface area (Å²) in [4.78, 5) is 12.3. The molecule has 0 bridgehead atoms. The Morgan fingerprint density at radius 3 is 2.44 bits per heavy atom. The third-order valence-electron chi connectivity index (χ3n) is 3.28. The Hall–Kier alpha value is -1.92. The lowest BCUT2D eigenvalue weighted by molar-refractivity contribution is -0.137. The van der Waals surface area contributed by atoms with Crippen molar-refractivity contribution in [1.82, 2.24) is 0 Å². The number of halogens is 5. The maximum atomic E-state index is 13.1. The van der Waals surface area contributed by atoms with Gasteiger partial charge in [-0.25, -0.2) is 0 Å². The minimum atomic E-state index is -4.65. The minimum Gasteiger partial charge on any atom is -0.481 e. The number of hydrogen-bond donors (Lipinski definition) is 1. The molecule has 2 aromatic rings. The van der Waals surface area contributed by atoms with E-state index in [2.05, 4.69) is 5.32 Å². The second kappa shape index (κ2) is 7.97. The lowest BCUT2D eigenvalue weighted by atomic mass is 10.1. The van der Waals surface area contributed by atoms with Gasteiger partial charge in [-0.2, -0.15) is 13.2 Å². The van der Waals surface area contributed by atoms with Crippen LogP contribution in [0.4, 0.5) is 18.9 Å². The Kier molecular flexibility index (Phi) is 6.19. The number of alkyl halides is 3. The van der Waals surface area contributed by atoms with Crippen molar-refractivity contribution in [2.45, 2.75) is 25.6 Å². The smallest absolute Gasteiger partial charge is 0.418 e. The van der Waals surface area contributed by atoms with Gasteiger partial charge in [-0.1, -0.05) is 36.2 Å². The number of hydrogen-bond acceptors (Lipinski definition) is 2. The van der Waals surface area contributed by atoms with Gasteiger partial charge in [0, 0.05) is 10.0 Å². The van der Waals surface area contributed by atoms with E-state index in [4.69, 9.17) is 27.9 Å². The van der Waals surface area contributed by atoms with E-state index in [1.807, 2.05) is 0 Å². The molecule has 1 atom stereocenters. The molecule has 25 heavy (non-hydrogen) atoms. The molecule has 8 heteroatoms. The number of benzene rings is 2. The molecule has 0 aromatic heterocycles. The molecule has 0 aliphatic rings. The van der Waals surface area contributed by atoms with Crippen molar-refractivity contribution < 1.29 is 22.7 Å². The van der Waals surface area contributed by atoms with Crippen LogP contribution in [0.5, 0.6) is 5.75 Å². The van der Waals surface area contributed by atoms with Crippen LogP contribution in [0.25, 0.3) is 0 Å². The summed E-state index contributed by atoms with van der Waals surface area (Å²) in [7, 11) is 0. The van der Waals surface area contributed by atoms with Crippen molar-refractivity contribution in [2.75, 3.05) is 5.32 Å². The van der Waals surface area contributed by atoms with Gasteiger partial charge in [0.1, 0.15) is 5.75 Å². The van der Waals surface area contributed by atoms with Gasteiger partial charge in [0.2, 0.25) is 0 Å². The number of rotatable bonds is 5. The standard InChI is InChI=1S/C17H14Cl2F3NO2/c1-2-15(25-12-5-3-4-10(18)8-12)16(24)23-14-7-6-11(19)9-13(14)17(20,21)22/h3-9,15H,2H2,1H3,(H,23,24). The molecule has 0 aliphatic heterocycles. The van der Waals surface area contributed by atoms with Crippen molar-refractivity contribution in [3.05, 3.63) is 58.1 Å². The number of anilines is 1. The van der Waals surface area contributed by atoms with Crippen LogP contribution in [-0.2, 0) is 11.0 Å². The Morgan fingerprint density at radius 1 is 1.16 bits per heavy atom. The average Bonchev–Trinajstić information content (AvgIpc) is 2.53. The van der Waals surface area contributed by atoms with Crippen molar-refractivity contribution in [2.24, 2.45) is 0 Å². The van der Waals surface area contributed by atoms with Gasteiger partial charge in [-0.05, 0) is 42.8 Å². The normalized spacial score (nSPS) is 12.6. The fourth-order valence-corrected chi connectivity index (χ4v) is 2.45. The predicted octanol–water partition coefficient (Wildman–Crippen LogP) is 5.81. The number of carbonyl (C=O) groups excluding carboxylic acids is 1. The summed E-state index contributed by atoms with van der Waals surface area (Å²) in [6, 6.07) is 9.53. The second-order valence-electron chi connectivity index (χ2n) is 5.15. The van der Waals surface area contributed by atoms with E-state index in [-0.39, 0.29) is 17.1 Å². The van der Waals surface area contributed by atoms with Crippen LogP contribution in [0.1, 0.15) is 18.9 Å². The summed E-state index contributed by atoms with van der Waals surface area (Å²) in [6.07, 6.45) is -5.37. The van der Waals surface area contributed by atoms with Crippen molar-refractivity contribution in [3.63, 3.8) is 0 Å². The summed E-state index contributed by atoms with van der Waals surface area (Å²) in [5.41, 5.74) is -1.40. The van der Waals surface area contributed by atoms with E-state index >= 15 is 0 Å². The third kappa shape index (κ3) is 5.28. The van der Waals surface area contributed by atoms with Gasteiger partial charge in [-0.15, -0.1) is 0 Å². The summed E-state index contributed by atoms with van der Waals surface area (Å²) in [5.74, 6) is -0.350. The highest BCUT2D eigenvalue weighted by molar-refractivity contribution is 6.31. The first kappa shape index (κ1) is 19.4. The first-order valence-corrected chi connectivity index (χ1v) is 8.06. The zero-order valence-electron chi connectivity index (χ0n) is 13.0. The van der Waals surface area contributed by atoms with E-state index < -0.39 is 23.8 Å². The Morgan fingerprint density at radius 2 is 1.84 bits per heavy atom. The monoisotopic (exact) mass is 391 g/mol. The lowest BCUT2D eigenvalue weighted by Crippen LogP contribution is -2.33. The van der Waals surface area contributed by atoms with Gasteiger partial charge in [0.15, 0.2) is 6.10 Å². The zero-order valence-corrected chi connectivity index (χ0v) is 14.5. The molecular formula is C17H14Cl2F3NO2. The van der Waals surface area contributed by atoms with Crippen molar-refractivity contribution in [1.29, 1.82) is 0 Å². The molecular weight excluding hydrogens is 378 g/mol. The summed E-state index contributed by atoms with van der Waals surface area (Å²) >= 11 is 11.5. The van der Waals surface area contributed by atoms with Gasteiger partial charge in [0.25, 0.3) is 5.91 Å². The first-order valence-electron chi connectivity index (χ1n) is 7.30. The van der Waals surface area contributed by atoms with Crippen LogP contribution in [0.3, 0.4) is 0 Å². The lowest BCUT2D eigenvalue weighted by Gasteiger charge is -2.19. The van der Waals surface area contributed by atoms with Gasteiger partial charge in [-0.3, -0.25) is 4.79 Å². The number of ether oxygens (including phenoxy) is 1. The molecule has 2 aromatic carbocycles. The maximum Gasteiger partial charge on any atom is 0.418 e. The Balaban J connectivity index is 2.20. The molecule has 1 N–H and O–H groups in total. The van der Waals surface area contributed by atoms with Gasteiger partial charge < -0.3 is 10.1 Å². The van der Waals surface area contributed by atoms with Crippen molar-refractivity contribution >= 4 is 34.8 Å². The molecule has 0 spiro atoms. The van der Waals surface area contributed by atoms with Crippen molar-refractivity contribution in [3.8, 4) is 5.75 Å². The molecule has 0 fully saturated rings. The molecule has 0 aliphatic carbocycles. The van der Waals surface area contributed by atoms with E-state index in [0.29, 0.717) is 10.8 Å². The highest BCUT2D eigenvalue weighted by Gasteiger charge is 2.34. The van der Waals surface area contributed by atoms with Crippen LogP contribution in [0.2, 0.25) is 10.0 Å². The summed E-state index contributed by atoms with van der Waals surface area (Å²) < 4.78 is 44.8. The topological polar surface area (TPSA) is 38.3 Å². The molecule has 134 valence electrons. The Labute approximate surface area is 152 Å². The molecule has 0 saturated heterocycles.